The number of nitrogens with one attached hydrogen (secondary N) is 1. The maximum Gasteiger partial charge on any atom is 0.253 e. The summed E-state index contributed by atoms with van der Waals surface area (Å²) in [5, 5.41) is 3.02. The van der Waals surface area contributed by atoms with E-state index in [1.807, 2.05) is 61.5 Å². The van der Waals surface area contributed by atoms with Crippen LogP contribution in [-0.2, 0) is 6.54 Å². The Labute approximate surface area is 169 Å². The number of hydrogen-bond donors (Lipinski definition) is 1. The summed E-state index contributed by atoms with van der Waals surface area (Å²) in [5.41, 5.74) is 2.43. The van der Waals surface area contributed by atoms with Crippen molar-refractivity contribution in [2.45, 2.75) is 19.5 Å². The average molecular weight is 386 g/mol. The highest BCUT2D eigenvalue weighted by atomic mass is 16.5. The Morgan fingerprint density at radius 1 is 1.07 bits per heavy atom. The topological polar surface area (TPSA) is 69.0 Å². The zero-order valence-electron chi connectivity index (χ0n) is 16.2. The molecule has 4 aromatic rings. The second-order valence-corrected chi connectivity index (χ2v) is 6.71. The number of ether oxygens (including phenoxy) is 1. The van der Waals surface area contributed by atoms with Crippen LogP contribution in [0.15, 0.2) is 79.1 Å². The molecule has 0 spiro atoms. The summed E-state index contributed by atoms with van der Waals surface area (Å²) in [6.07, 6.45) is 3.20. The molecule has 0 saturated carbocycles. The molecule has 1 atom stereocenters. The molecule has 6 heteroatoms. The predicted molar refractivity (Wildman–Crippen MR) is 112 cm³/mol. The van der Waals surface area contributed by atoms with Crippen LogP contribution >= 0.6 is 0 Å². The summed E-state index contributed by atoms with van der Waals surface area (Å²) in [6.45, 7) is 3.06. The molecule has 0 radical (unpaired) electrons. The highest BCUT2D eigenvalue weighted by molar-refractivity contribution is 5.94. The van der Waals surface area contributed by atoms with Crippen molar-refractivity contribution in [3.05, 3.63) is 90.5 Å². The van der Waals surface area contributed by atoms with Crippen molar-refractivity contribution in [1.29, 1.82) is 0 Å². The van der Waals surface area contributed by atoms with Gasteiger partial charge in [-0.15, -0.1) is 0 Å². The van der Waals surface area contributed by atoms with Gasteiger partial charge in [0, 0.05) is 12.4 Å². The Kier molecular flexibility index (Phi) is 5.52. The van der Waals surface area contributed by atoms with Gasteiger partial charge in [0.15, 0.2) is 0 Å². The molecular weight excluding hydrogens is 364 g/mol. The molecule has 2 aromatic heterocycles. The number of carbonyl (C=O) groups excluding carboxylic acids is 1. The van der Waals surface area contributed by atoms with Crippen LogP contribution < -0.4 is 10.1 Å². The van der Waals surface area contributed by atoms with Gasteiger partial charge in [0.1, 0.15) is 18.2 Å². The van der Waals surface area contributed by atoms with Crippen LogP contribution in [0, 0.1) is 0 Å². The van der Waals surface area contributed by atoms with E-state index in [0.717, 1.165) is 22.6 Å². The van der Waals surface area contributed by atoms with Crippen molar-refractivity contribution in [3.8, 4) is 5.75 Å². The van der Waals surface area contributed by atoms with Crippen LogP contribution in [0.1, 0.15) is 29.1 Å². The minimum absolute atomic E-state index is 0.176. The van der Waals surface area contributed by atoms with Crippen LogP contribution in [0.25, 0.3) is 11.0 Å². The molecule has 146 valence electrons. The van der Waals surface area contributed by atoms with E-state index in [1.165, 1.54) is 0 Å². The first kappa shape index (κ1) is 18.7. The van der Waals surface area contributed by atoms with E-state index in [9.17, 15) is 4.79 Å². The number of hydrogen-bond acceptors (Lipinski definition) is 4. The highest BCUT2D eigenvalue weighted by Gasteiger charge is 2.19. The van der Waals surface area contributed by atoms with Gasteiger partial charge in [0.2, 0.25) is 0 Å². The number of rotatable bonds is 7. The SMILES string of the molecule is CC(NC(=O)c1cccnc1)c1nc2ccccc2n1CCOc1ccccc1. The zero-order chi connectivity index (χ0) is 20.1. The number of amides is 1. The third-order valence-corrected chi connectivity index (χ3v) is 4.67. The number of carbonyl (C=O) groups is 1. The second-order valence-electron chi connectivity index (χ2n) is 6.71. The van der Waals surface area contributed by atoms with Gasteiger partial charge in [-0.05, 0) is 43.3 Å². The minimum atomic E-state index is -0.271. The van der Waals surface area contributed by atoms with Crippen molar-refractivity contribution in [2.24, 2.45) is 0 Å². The number of benzene rings is 2. The van der Waals surface area contributed by atoms with Gasteiger partial charge in [-0.3, -0.25) is 9.78 Å². The third-order valence-electron chi connectivity index (χ3n) is 4.67. The van der Waals surface area contributed by atoms with E-state index in [1.54, 1.807) is 24.5 Å². The Morgan fingerprint density at radius 3 is 2.66 bits per heavy atom. The maximum absolute atomic E-state index is 12.5. The molecule has 1 unspecified atom stereocenters. The maximum atomic E-state index is 12.5. The summed E-state index contributed by atoms with van der Waals surface area (Å²) in [6, 6.07) is 20.9. The number of aromatic nitrogens is 3. The van der Waals surface area contributed by atoms with E-state index in [4.69, 9.17) is 9.72 Å². The Hall–Kier alpha value is -3.67. The van der Waals surface area contributed by atoms with Gasteiger partial charge in [0.05, 0.1) is 29.2 Å². The lowest BCUT2D eigenvalue weighted by atomic mass is 10.2. The molecule has 0 aliphatic carbocycles. The Morgan fingerprint density at radius 2 is 1.86 bits per heavy atom. The third kappa shape index (κ3) is 4.27. The fourth-order valence-electron chi connectivity index (χ4n) is 3.27. The van der Waals surface area contributed by atoms with Crippen LogP contribution in [0.4, 0.5) is 0 Å². The van der Waals surface area contributed by atoms with E-state index in [2.05, 4.69) is 14.9 Å². The predicted octanol–water partition coefficient (Wildman–Crippen LogP) is 4.00. The molecule has 29 heavy (non-hydrogen) atoms. The first-order valence-electron chi connectivity index (χ1n) is 9.56. The Bertz CT molecular complexity index is 1090. The molecule has 0 bridgehead atoms. The summed E-state index contributed by atoms with van der Waals surface area (Å²) in [4.78, 5) is 21.3. The van der Waals surface area contributed by atoms with E-state index in [0.29, 0.717) is 18.7 Å². The fourth-order valence-corrected chi connectivity index (χ4v) is 3.27. The van der Waals surface area contributed by atoms with Crippen LogP contribution in [0.3, 0.4) is 0 Å². The van der Waals surface area contributed by atoms with Gasteiger partial charge in [-0.2, -0.15) is 0 Å². The van der Waals surface area contributed by atoms with Crippen molar-refractivity contribution in [1.82, 2.24) is 19.9 Å². The fraction of sp³-hybridized carbons (Fsp3) is 0.174. The molecule has 6 nitrogen and oxygen atoms in total. The van der Waals surface area contributed by atoms with E-state index in [-0.39, 0.29) is 11.9 Å². The molecule has 2 aromatic carbocycles. The van der Waals surface area contributed by atoms with Gasteiger partial charge >= 0.3 is 0 Å². The number of para-hydroxylation sites is 3. The van der Waals surface area contributed by atoms with Crippen LogP contribution in [0.2, 0.25) is 0 Å². The van der Waals surface area contributed by atoms with Gasteiger partial charge < -0.3 is 14.6 Å². The van der Waals surface area contributed by atoms with E-state index >= 15 is 0 Å². The quantitative estimate of drug-likeness (QED) is 0.521. The molecule has 0 aliphatic rings. The summed E-state index contributed by atoms with van der Waals surface area (Å²) >= 11 is 0. The first-order chi connectivity index (χ1) is 14.2. The molecule has 4 rings (SSSR count). The molecule has 0 saturated heterocycles. The molecule has 1 N–H and O–H groups in total. The van der Waals surface area contributed by atoms with Gasteiger partial charge in [-0.25, -0.2) is 4.98 Å². The normalized spacial score (nSPS) is 11.9. The summed E-state index contributed by atoms with van der Waals surface area (Å²) in [7, 11) is 0. The van der Waals surface area contributed by atoms with Crippen molar-refractivity contribution in [3.63, 3.8) is 0 Å². The average Bonchev–Trinajstić information content (AvgIpc) is 3.14. The lowest BCUT2D eigenvalue weighted by molar-refractivity contribution is 0.0937. The number of nitrogens with zero attached hydrogens (tertiary/aromatic N) is 3. The molecule has 1 amide bonds. The van der Waals surface area contributed by atoms with Gasteiger partial charge in [-0.1, -0.05) is 30.3 Å². The number of pyridine rings is 1. The van der Waals surface area contributed by atoms with Crippen molar-refractivity contribution >= 4 is 16.9 Å². The van der Waals surface area contributed by atoms with E-state index < -0.39 is 0 Å². The lowest BCUT2D eigenvalue weighted by Gasteiger charge is -2.16. The van der Waals surface area contributed by atoms with Crippen LogP contribution in [0.5, 0.6) is 5.75 Å². The highest BCUT2D eigenvalue weighted by Crippen LogP contribution is 2.21. The number of fused-ring (bicyclic) bond motifs is 1. The molecule has 2 heterocycles. The lowest BCUT2D eigenvalue weighted by Crippen LogP contribution is -2.29. The number of imidazole rings is 1. The second kappa shape index (κ2) is 8.56. The molecular formula is C23H22N4O2. The zero-order valence-corrected chi connectivity index (χ0v) is 16.2. The van der Waals surface area contributed by atoms with Crippen LogP contribution in [-0.4, -0.2) is 27.0 Å². The molecule has 0 fully saturated rings. The largest absolute Gasteiger partial charge is 0.492 e. The monoisotopic (exact) mass is 386 g/mol. The van der Waals surface area contributed by atoms with Crippen molar-refractivity contribution in [2.75, 3.05) is 6.61 Å². The summed E-state index contributed by atoms with van der Waals surface area (Å²) < 4.78 is 7.97. The Balaban J connectivity index is 1.54. The minimum Gasteiger partial charge on any atom is -0.492 e. The summed E-state index contributed by atoms with van der Waals surface area (Å²) in [5.74, 6) is 1.45. The standard InChI is InChI=1S/C23H22N4O2/c1-17(25-23(28)18-8-7-13-24-16-18)22-26-20-11-5-6-12-21(20)27(22)14-15-29-19-9-3-2-4-10-19/h2-13,16-17H,14-15H2,1H3,(H,25,28). The van der Waals surface area contributed by atoms with Crippen molar-refractivity contribution < 1.29 is 9.53 Å². The smallest absolute Gasteiger partial charge is 0.253 e. The van der Waals surface area contributed by atoms with Gasteiger partial charge in [0.25, 0.3) is 5.91 Å². The molecule has 0 aliphatic heterocycles. The first-order valence-corrected chi connectivity index (χ1v) is 9.56.